The van der Waals surface area contributed by atoms with Gasteiger partial charge in [0.05, 0.1) is 5.92 Å². The lowest BCUT2D eigenvalue weighted by atomic mass is 9.93. The molecule has 1 saturated heterocycles. The van der Waals surface area contributed by atoms with Crippen molar-refractivity contribution < 1.29 is 14.3 Å². The van der Waals surface area contributed by atoms with Gasteiger partial charge in [0.1, 0.15) is 5.60 Å². The summed E-state index contributed by atoms with van der Waals surface area (Å²) in [7, 11) is 0. The smallest absolute Gasteiger partial charge is 0.410 e. The van der Waals surface area contributed by atoms with Crippen molar-refractivity contribution >= 4 is 12.0 Å². The Morgan fingerprint density at radius 1 is 1.33 bits per heavy atom. The molecule has 1 rings (SSSR count). The number of nitrogens with one attached hydrogen (secondary N) is 1. The summed E-state index contributed by atoms with van der Waals surface area (Å²) in [6.07, 6.45) is 1.14. The summed E-state index contributed by atoms with van der Waals surface area (Å²) in [4.78, 5) is 25.1. The fourth-order valence-electron chi connectivity index (χ4n) is 2.01. The zero-order chi connectivity index (χ0) is 13.9. The molecule has 1 aliphatic heterocycles. The van der Waals surface area contributed by atoms with Crippen molar-refractivity contribution in [2.45, 2.75) is 52.2 Å². The lowest BCUT2D eigenvalue weighted by molar-refractivity contribution is -0.127. The molecule has 0 bridgehead atoms. The number of likely N-dealkylation sites (tertiary alicyclic amines) is 1. The van der Waals surface area contributed by atoms with E-state index in [4.69, 9.17) is 10.6 Å². The van der Waals surface area contributed by atoms with Gasteiger partial charge in [0.2, 0.25) is 5.91 Å². The van der Waals surface area contributed by atoms with Crippen LogP contribution in [-0.2, 0) is 9.53 Å². The Balaban J connectivity index is 2.67. The number of hydrazine groups is 1. The van der Waals surface area contributed by atoms with Gasteiger partial charge in [0.15, 0.2) is 0 Å². The first-order chi connectivity index (χ1) is 8.24. The van der Waals surface area contributed by atoms with E-state index >= 15 is 0 Å². The molecule has 1 heterocycles. The van der Waals surface area contributed by atoms with E-state index in [1.807, 2.05) is 27.7 Å². The average Bonchev–Trinajstić information content (AvgIpc) is 2.26. The lowest BCUT2D eigenvalue weighted by Crippen LogP contribution is -2.51. The summed E-state index contributed by atoms with van der Waals surface area (Å²) < 4.78 is 5.33. The molecule has 18 heavy (non-hydrogen) atoms. The molecular formula is C12H23N3O3. The van der Waals surface area contributed by atoms with Crippen molar-refractivity contribution in [1.29, 1.82) is 0 Å². The average molecular weight is 257 g/mol. The van der Waals surface area contributed by atoms with Crippen LogP contribution in [0.2, 0.25) is 0 Å². The van der Waals surface area contributed by atoms with E-state index in [0.29, 0.717) is 6.54 Å². The second-order valence-electron chi connectivity index (χ2n) is 5.76. The number of nitrogens with zero attached hydrogens (tertiary/aromatic N) is 1. The summed E-state index contributed by atoms with van der Waals surface area (Å²) in [6, 6.07) is 0.0849. The third kappa shape index (κ3) is 3.87. The number of carbonyl (C=O) groups is 2. The Labute approximate surface area is 108 Å². The monoisotopic (exact) mass is 257 g/mol. The van der Waals surface area contributed by atoms with E-state index in [-0.39, 0.29) is 24.0 Å². The second kappa shape index (κ2) is 5.56. The molecule has 6 heteroatoms. The highest BCUT2D eigenvalue weighted by molar-refractivity contribution is 5.79. The van der Waals surface area contributed by atoms with Gasteiger partial charge in [-0.3, -0.25) is 10.2 Å². The van der Waals surface area contributed by atoms with Crippen molar-refractivity contribution in [1.82, 2.24) is 10.3 Å². The lowest BCUT2D eigenvalue weighted by Gasteiger charge is -2.37. The van der Waals surface area contributed by atoms with Gasteiger partial charge in [-0.1, -0.05) is 0 Å². The minimum atomic E-state index is -0.528. The van der Waals surface area contributed by atoms with E-state index in [2.05, 4.69) is 5.43 Å². The molecule has 3 N–H and O–H groups in total. The van der Waals surface area contributed by atoms with E-state index in [1.54, 1.807) is 4.90 Å². The Kier molecular flexibility index (Phi) is 4.56. The second-order valence-corrected chi connectivity index (χ2v) is 5.76. The van der Waals surface area contributed by atoms with Crippen molar-refractivity contribution in [2.75, 3.05) is 6.54 Å². The molecule has 0 aromatic heterocycles. The van der Waals surface area contributed by atoms with Crippen molar-refractivity contribution in [3.8, 4) is 0 Å². The molecule has 2 atom stereocenters. The van der Waals surface area contributed by atoms with Gasteiger partial charge in [0, 0.05) is 12.6 Å². The highest BCUT2D eigenvalue weighted by Crippen LogP contribution is 2.24. The molecule has 1 aliphatic rings. The third-order valence-electron chi connectivity index (χ3n) is 3.02. The molecule has 1 fully saturated rings. The standard InChI is InChI=1S/C12H23N3O3/c1-8-5-6-9(10(16)14-13)7-15(8)11(17)18-12(2,3)4/h8-9H,5-7,13H2,1-4H3,(H,14,16)/t8-,9+/m0/s1. The molecule has 0 unspecified atom stereocenters. The highest BCUT2D eigenvalue weighted by Gasteiger charge is 2.34. The molecule has 0 radical (unpaired) electrons. The van der Waals surface area contributed by atoms with Crippen molar-refractivity contribution in [3.63, 3.8) is 0 Å². The van der Waals surface area contributed by atoms with Crippen LogP contribution >= 0.6 is 0 Å². The number of nitrogens with two attached hydrogens (primary N) is 1. The zero-order valence-electron chi connectivity index (χ0n) is 11.5. The van der Waals surface area contributed by atoms with Crippen LogP contribution in [0.5, 0.6) is 0 Å². The molecule has 6 nitrogen and oxygen atoms in total. The van der Waals surface area contributed by atoms with E-state index < -0.39 is 5.60 Å². The van der Waals surface area contributed by atoms with Crippen LogP contribution in [0, 0.1) is 5.92 Å². The predicted molar refractivity (Wildman–Crippen MR) is 67.5 cm³/mol. The van der Waals surface area contributed by atoms with Crippen LogP contribution in [-0.4, -0.2) is 35.1 Å². The normalized spacial score (nSPS) is 24.6. The molecule has 0 aliphatic carbocycles. The number of ether oxygens (including phenoxy) is 1. The van der Waals surface area contributed by atoms with Gasteiger partial charge in [-0.25, -0.2) is 10.6 Å². The topological polar surface area (TPSA) is 84.7 Å². The van der Waals surface area contributed by atoms with Gasteiger partial charge in [-0.15, -0.1) is 0 Å². The summed E-state index contributed by atoms with van der Waals surface area (Å²) in [5.41, 5.74) is 1.61. The van der Waals surface area contributed by atoms with Crippen LogP contribution < -0.4 is 11.3 Å². The number of amides is 2. The van der Waals surface area contributed by atoms with Gasteiger partial charge < -0.3 is 9.64 Å². The van der Waals surface area contributed by atoms with E-state index in [9.17, 15) is 9.59 Å². The first kappa shape index (κ1) is 14.8. The maximum Gasteiger partial charge on any atom is 0.410 e. The third-order valence-corrected chi connectivity index (χ3v) is 3.02. The number of carbonyl (C=O) groups excluding carboxylic acids is 2. The SMILES string of the molecule is C[C@H]1CC[C@@H](C(=O)NN)CN1C(=O)OC(C)(C)C. The quantitative estimate of drug-likeness (QED) is 0.417. The summed E-state index contributed by atoms with van der Waals surface area (Å²) in [5, 5.41) is 0. The van der Waals surface area contributed by atoms with Crippen LogP contribution in [0.15, 0.2) is 0 Å². The Hall–Kier alpha value is -1.30. The first-order valence-electron chi connectivity index (χ1n) is 6.24. The van der Waals surface area contributed by atoms with Gasteiger partial charge in [-0.05, 0) is 40.5 Å². The fourth-order valence-corrected chi connectivity index (χ4v) is 2.01. The van der Waals surface area contributed by atoms with Crippen molar-refractivity contribution in [2.24, 2.45) is 11.8 Å². The van der Waals surface area contributed by atoms with Crippen LogP contribution in [0.3, 0.4) is 0 Å². The Morgan fingerprint density at radius 2 is 1.94 bits per heavy atom. The number of hydrogen-bond acceptors (Lipinski definition) is 4. The molecule has 0 aromatic rings. The minimum absolute atomic E-state index is 0.0849. The largest absolute Gasteiger partial charge is 0.444 e. The van der Waals surface area contributed by atoms with Crippen molar-refractivity contribution in [3.05, 3.63) is 0 Å². The van der Waals surface area contributed by atoms with Gasteiger partial charge in [-0.2, -0.15) is 0 Å². The summed E-state index contributed by atoms with van der Waals surface area (Å²) in [5.74, 6) is 4.65. The van der Waals surface area contributed by atoms with Crippen LogP contribution in [0.1, 0.15) is 40.5 Å². The maximum absolute atomic E-state index is 12.0. The minimum Gasteiger partial charge on any atom is -0.444 e. The maximum atomic E-state index is 12.0. The molecule has 2 amide bonds. The first-order valence-corrected chi connectivity index (χ1v) is 6.24. The predicted octanol–water partition coefficient (Wildman–Crippen LogP) is 1.01. The van der Waals surface area contributed by atoms with E-state index in [0.717, 1.165) is 12.8 Å². The summed E-state index contributed by atoms with van der Waals surface area (Å²) >= 11 is 0. The Morgan fingerprint density at radius 3 is 2.44 bits per heavy atom. The zero-order valence-corrected chi connectivity index (χ0v) is 11.5. The Bertz CT molecular complexity index is 325. The molecule has 0 spiro atoms. The summed E-state index contributed by atoms with van der Waals surface area (Å²) in [6.45, 7) is 7.79. The van der Waals surface area contributed by atoms with Gasteiger partial charge >= 0.3 is 6.09 Å². The molecule has 0 saturated carbocycles. The number of piperidine rings is 1. The van der Waals surface area contributed by atoms with Crippen LogP contribution in [0.4, 0.5) is 4.79 Å². The van der Waals surface area contributed by atoms with E-state index in [1.165, 1.54) is 0 Å². The molecule has 0 aromatic carbocycles. The molecular weight excluding hydrogens is 234 g/mol. The number of rotatable bonds is 1. The number of hydrogen-bond donors (Lipinski definition) is 2. The fraction of sp³-hybridized carbons (Fsp3) is 0.833. The highest BCUT2D eigenvalue weighted by atomic mass is 16.6. The van der Waals surface area contributed by atoms with Crippen LogP contribution in [0.25, 0.3) is 0 Å². The molecule has 104 valence electrons. The van der Waals surface area contributed by atoms with Gasteiger partial charge in [0.25, 0.3) is 0 Å².